The van der Waals surface area contributed by atoms with Crippen LogP contribution >= 0.6 is 0 Å². The van der Waals surface area contributed by atoms with E-state index in [2.05, 4.69) is 13.0 Å². The van der Waals surface area contributed by atoms with Gasteiger partial charge in [-0.25, -0.2) is 0 Å². The largest absolute Gasteiger partial charge is 0.464 e. The first-order chi connectivity index (χ1) is 11.7. The molecule has 2 aliphatic carbocycles. The van der Waals surface area contributed by atoms with Gasteiger partial charge in [0.1, 0.15) is 0 Å². The molecular weight excluding hydrogens is 298 g/mol. The normalized spacial score (nSPS) is 22.9. The molecule has 24 heavy (non-hydrogen) atoms. The highest BCUT2D eigenvalue weighted by Gasteiger charge is 2.55. The molecule has 2 unspecified atom stereocenters. The van der Waals surface area contributed by atoms with Gasteiger partial charge >= 0.3 is 5.97 Å². The minimum absolute atomic E-state index is 0.192. The van der Waals surface area contributed by atoms with Crippen LogP contribution in [-0.2, 0) is 9.53 Å². The number of rotatable bonds is 9. The van der Waals surface area contributed by atoms with Crippen molar-refractivity contribution in [1.82, 2.24) is 0 Å². The molecule has 136 valence electrons. The van der Waals surface area contributed by atoms with Gasteiger partial charge in [0, 0.05) is 0 Å². The summed E-state index contributed by atoms with van der Waals surface area (Å²) in [6, 6.07) is 2.58. The SMILES string of the molecule is CCCCC(C1CCCC1)C(C#N)(C(=O)OCCC)C1CCCC1. The highest BCUT2D eigenvalue weighted by atomic mass is 16.5. The van der Waals surface area contributed by atoms with Gasteiger partial charge in [-0.05, 0) is 43.4 Å². The number of carbonyl (C=O) groups excluding carboxylic acids is 1. The molecule has 0 aromatic heterocycles. The van der Waals surface area contributed by atoms with E-state index in [1.54, 1.807) is 0 Å². The molecule has 0 amide bonds. The van der Waals surface area contributed by atoms with E-state index in [0.29, 0.717) is 12.5 Å². The summed E-state index contributed by atoms with van der Waals surface area (Å²) in [4.78, 5) is 13.2. The lowest BCUT2D eigenvalue weighted by Gasteiger charge is -2.41. The van der Waals surface area contributed by atoms with Gasteiger partial charge in [-0.15, -0.1) is 0 Å². The van der Waals surface area contributed by atoms with Crippen LogP contribution in [0, 0.1) is 34.5 Å². The lowest BCUT2D eigenvalue weighted by Crippen LogP contribution is -2.47. The van der Waals surface area contributed by atoms with Crippen LogP contribution in [0.4, 0.5) is 0 Å². The maximum atomic E-state index is 13.2. The minimum atomic E-state index is -0.893. The first-order valence-corrected chi connectivity index (χ1v) is 10.3. The fourth-order valence-electron chi connectivity index (χ4n) is 5.15. The molecule has 2 aliphatic rings. The lowest BCUT2D eigenvalue weighted by molar-refractivity contribution is -0.161. The fourth-order valence-corrected chi connectivity index (χ4v) is 5.15. The molecule has 0 bridgehead atoms. The van der Waals surface area contributed by atoms with Crippen LogP contribution in [0.5, 0.6) is 0 Å². The first-order valence-electron chi connectivity index (χ1n) is 10.3. The van der Waals surface area contributed by atoms with Gasteiger partial charge in [-0.3, -0.25) is 4.79 Å². The zero-order chi connectivity index (χ0) is 17.4. The Hall–Kier alpha value is -1.04. The van der Waals surface area contributed by atoms with Gasteiger partial charge in [0.25, 0.3) is 0 Å². The highest BCUT2D eigenvalue weighted by molar-refractivity contribution is 5.81. The standard InChI is InChI=1S/C21H35NO2/c1-3-5-14-19(17-10-6-7-11-17)21(16-22,18-12-8-9-13-18)20(23)24-15-4-2/h17-19H,3-15H2,1-2H3. The summed E-state index contributed by atoms with van der Waals surface area (Å²) in [7, 11) is 0. The van der Waals surface area contributed by atoms with Crippen molar-refractivity contribution in [1.29, 1.82) is 5.26 Å². The maximum absolute atomic E-state index is 13.2. The molecule has 0 aromatic carbocycles. The van der Waals surface area contributed by atoms with Crippen LogP contribution in [0.3, 0.4) is 0 Å². The van der Waals surface area contributed by atoms with Crippen molar-refractivity contribution in [2.24, 2.45) is 23.2 Å². The average molecular weight is 334 g/mol. The van der Waals surface area contributed by atoms with E-state index in [0.717, 1.165) is 51.4 Å². The maximum Gasteiger partial charge on any atom is 0.327 e. The van der Waals surface area contributed by atoms with E-state index < -0.39 is 5.41 Å². The predicted molar refractivity (Wildman–Crippen MR) is 96.2 cm³/mol. The van der Waals surface area contributed by atoms with Gasteiger partial charge in [0.05, 0.1) is 12.7 Å². The van der Waals surface area contributed by atoms with Gasteiger partial charge in [-0.1, -0.05) is 65.2 Å². The molecule has 0 radical (unpaired) electrons. The number of esters is 1. The molecular formula is C21H35NO2. The van der Waals surface area contributed by atoms with Crippen LogP contribution in [0.2, 0.25) is 0 Å². The summed E-state index contributed by atoms with van der Waals surface area (Å²) in [6.07, 6.45) is 13.3. The van der Waals surface area contributed by atoms with Gasteiger partial charge in [-0.2, -0.15) is 5.26 Å². The molecule has 0 aliphatic heterocycles. The van der Waals surface area contributed by atoms with Crippen molar-refractivity contribution in [3.8, 4) is 6.07 Å². The van der Waals surface area contributed by atoms with Crippen LogP contribution < -0.4 is 0 Å². The zero-order valence-electron chi connectivity index (χ0n) is 15.7. The molecule has 0 spiro atoms. The number of nitrogens with zero attached hydrogens (tertiary/aromatic N) is 1. The molecule has 2 saturated carbocycles. The fraction of sp³-hybridized carbons (Fsp3) is 0.905. The molecule has 0 heterocycles. The number of ether oxygens (including phenoxy) is 1. The highest BCUT2D eigenvalue weighted by Crippen LogP contribution is 2.52. The van der Waals surface area contributed by atoms with Crippen molar-refractivity contribution in [3.05, 3.63) is 0 Å². The third-order valence-corrected chi connectivity index (χ3v) is 6.38. The van der Waals surface area contributed by atoms with Gasteiger partial charge < -0.3 is 4.74 Å². The monoisotopic (exact) mass is 333 g/mol. The number of hydrogen-bond donors (Lipinski definition) is 0. The third kappa shape index (κ3) is 3.95. The molecule has 0 aromatic rings. The summed E-state index contributed by atoms with van der Waals surface area (Å²) >= 11 is 0. The Labute approximate surface area is 148 Å². The molecule has 3 heteroatoms. The van der Waals surface area contributed by atoms with Crippen LogP contribution in [0.15, 0.2) is 0 Å². The number of nitriles is 1. The number of hydrogen-bond acceptors (Lipinski definition) is 3. The quantitative estimate of drug-likeness (QED) is 0.513. The van der Waals surface area contributed by atoms with Crippen LogP contribution in [-0.4, -0.2) is 12.6 Å². The Morgan fingerprint density at radius 3 is 2.29 bits per heavy atom. The third-order valence-electron chi connectivity index (χ3n) is 6.38. The van der Waals surface area contributed by atoms with Gasteiger partial charge in [0.2, 0.25) is 0 Å². The number of unbranched alkanes of at least 4 members (excludes halogenated alkanes) is 1. The van der Waals surface area contributed by atoms with Crippen molar-refractivity contribution in [3.63, 3.8) is 0 Å². The average Bonchev–Trinajstić information content (AvgIpc) is 3.30. The van der Waals surface area contributed by atoms with Crippen molar-refractivity contribution in [2.75, 3.05) is 6.61 Å². The Kier molecular flexibility index (Phi) is 7.59. The second-order valence-electron chi connectivity index (χ2n) is 7.89. The van der Waals surface area contributed by atoms with E-state index in [1.165, 1.54) is 25.7 Å². The summed E-state index contributed by atoms with van der Waals surface area (Å²) < 4.78 is 5.62. The van der Waals surface area contributed by atoms with Gasteiger partial charge in [0.15, 0.2) is 5.41 Å². The zero-order valence-corrected chi connectivity index (χ0v) is 15.7. The second-order valence-corrected chi connectivity index (χ2v) is 7.89. The topological polar surface area (TPSA) is 50.1 Å². The van der Waals surface area contributed by atoms with Crippen molar-refractivity contribution >= 4 is 5.97 Å². The Balaban J connectivity index is 2.34. The molecule has 2 fully saturated rings. The van der Waals surface area contributed by atoms with Crippen LogP contribution in [0.1, 0.15) is 90.9 Å². The molecule has 0 N–H and O–H groups in total. The summed E-state index contributed by atoms with van der Waals surface area (Å²) in [5.74, 6) is 0.726. The van der Waals surface area contributed by atoms with Crippen LogP contribution in [0.25, 0.3) is 0 Å². The number of carbonyl (C=O) groups is 1. The smallest absolute Gasteiger partial charge is 0.327 e. The Morgan fingerprint density at radius 1 is 1.12 bits per heavy atom. The predicted octanol–water partition coefficient (Wildman–Crippen LogP) is 5.64. The van der Waals surface area contributed by atoms with E-state index in [1.807, 2.05) is 6.92 Å². The second kappa shape index (κ2) is 9.44. The summed E-state index contributed by atoms with van der Waals surface area (Å²) in [5, 5.41) is 10.3. The minimum Gasteiger partial charge on any atom is -0.464 e. The molecule has 3 nitrogen and oxygen atoms in total. The van der Waals surface area contributed by atoms with Crippen molar-refractivity contribution < 1.29 is 9.53 Å². The summed E-state index contributed by atoms with van der Waals surface area (Å²) in [6.45, 7) is 4.66. The van der Waals surface area contributed by atoms with E-state index >= 15 is 0 Å². The molecule has 2 rings (SSSR count). The lowest BCUT2D eigenvalue weighted by atomic mass is 9.60. The Bertz CT molecular complexity index is 430. The van der Waals surface area contributed by atoms with Crippen molar-refractivity contribution in [2.45, 2.75) is 90.9 Å². The first kappa shape index (κ1) is 19.3. The molecule has 0 saturated heterocycles. The molecule has 2 atom stereocenters. The van der Waals surface area contributed by atoms with E-state index in [4.69, 9.17) is 4.74 Å². The van der Waals surface area contributed by atoms with E-state index in [9.17, 15) is 10.1 Å². The van der Waals surface area contributed by atoms with E-state index in [-0.39, 0.29) is 17.8 Å². The summed E-state index contributed by atoms with van der Waals surface area (Å²) in [5.41, 5.74) is -0.893. The Morgan fingerprint density at radius 2 is 1.75 bits per heavy atom.